The molecule has 5 nitrogen and oxygen atoms in total. The molecule has 1 rings (SSSR count). The van der Waals surface area contributed by atoms with Gasteiger partial charge in [0.2, 0.25) is 0 Å². The molecule has 0 N–H and O–H groups in total. The molecule has 5 heteroatoms. The van der Waals surface area contributed by atoms with Crippen LogP contribution in [0.5, 0.6) is 0 Å². The summed E-state index contributed by atoms with van der Waals surface area (Å²) in [7, 11) is 1.32. The van der Waals surface area contributed by atoms with Crippen molar-refractivity contribution in [3.63, 3.8) is 0 Å². The van der Waals surface area contributed by atoms with Crippen LogP contribution in [-0.4, -0.2) is 35.6 Å². The smallest absolute Gasteiger partial charge is 0.358 e. The lowest BCUT2D eigenvalue weighted by Crippen LogP contribution is -2.31. The monoisotopic (exact) mass is 235 g/mol. The Morgan fingerprint density at radius 1 is 1.53 bits per heavy atom. The number of ether oxygens (including phenoxy) is 1. The molecular formula is C12H17N3O2. The van der Waals surface area contributed by atoms with E-state index < -0.39 is 5.97 Å². The van der Waals surface area contributed by atoms with Gasteiger partial charge in [0.15, 0.2) is 5.69 Å². The van der Waals surface area contributed by atoms with Gasteiger partial charge in [0.05, 0.1) is 19.5 Å². The average Bonchev–Trinajstić information content (AvgIpc) is 2.35. The van der Waals surface area contributed by atoms with Crippen LogP contribution >= 0.6 is 0 Å². The minimum absolute atomic E-state index is 0.207. The summed E-state index contributed by atoms with van der Waals surface area (Å²) in [6, 6.07) is 0.284. The fraction of sp³-hybridized carbons (Fsp3) is 0.417. The van der Waals surface area contributed by atoms with Crippen molar-refractivity contribution in [2.45, 2.75) is 19.9 Å². The topological polar surface area (TPSA) is 55.3 Å². The number of carbonyl (C=O) groups excluding carboxylic acids is 1. The Kier molecular flexibility index (Phi) is 4.63. The van der Waals surface area contributed by atoms with Crippen molar-refractivity contribution in [2.75, 3.05) is 18.6 Å². The van der Waals surface area contributed by atoms with E-state index in [1.165, 1.54) is 13.3 Å². The van der Waals surface area contributed by atoms with Gasteiger partial charge in [-0.2, -0.15) is 0 Å². The number of hydrogen-bond donors (Lipinski definition) is 0. The number of aromatic nitrogens is 2. The zero-order valence-electron chi connectivity index (χ0n) is 10.4. The van der Waals surface area contributed by atoms with Crippen LogP contribution in [-0.2, 0) is 4.74 Å². The van der Waals surface area contributed by atoms with E-state index in [0.29, 0.717) is 12.4 Å². The molecule has 0 bridgehead atoms. The summed E-state index contributed by atoms with van der Waals surface area (Å²) in [5, 5.41) is 0. The zero-order valence-corrected chi connectivity index (χ0v) is 10.4. The average molecular weight is 235 g/mol. The number of rotatable bonds is 5. The Morgan fingerprint density at radius 2 is 2.24 bits per heavy atom. The van der Waals surface area contributed by atoms with Gasteiger partial charge < -0.3 is 9.64 Å². The molecule has 0 saturated heterocycles. The Labute approximate surface area is 101 Å². The third-order valence-electron chi connectivity index (χ3n) is 2.28. The highest BCUT2D eigenvalue weighted by Gasteiger charge is 2.13. The number of nitrogens with zero attached hydrogens (tertiary/aromatic N) is 3. The van der Waals surface area contributed by atoms with Crippen molar-refractivity contribution in [1.29, 1.82) is 0 Å². The normalized spacial score (nSPS) is 10.1. The van der Waals surface area contributed by atoms with E-state index in [-0.39, 0.29) is 11.7 Å². The first-order valence-corrected chi connectivity index (χ1v) is 5.38. The largest absolute Gasteiger partial charge is 0.464 e. The predicted molar refractivity (Wildman–Crippen MR) is 66.1 cm³/mol. The van der Waals surface area contributed by atoms with E-state index in [0.717, 1.165) is 0 Å². The molecule has 0 unspecified atom stereocenters. The van der Waals surface area contributed by atoms with Gasteiger partial charge in [0, 0.05) is 12.6 Å². The van der Waals surface area contributed by atoms with E-state index in [4.69, 9.17) is 0 Å². The first kappa shape index (κ1) is 13.2. The first-order valence-electron chi connectivity index (χ1n) is 5.38. The summed E-state index contributed by atoms with van der Waals surface area (Å²) in [6.45, 7) is 8.50. The van der Waals surface area contributed by atoms with Crippen LogP contribution in [0.2, 0.25) is 0 Å². The fourth-order valence-electron chi connectivity index (χ4n) is 1.39. The lowest BCUT2D eigenvalue weighted by Gasteiger charge is -2.25. The van der Waals surface area contributed by atoms with Gasteiger partial charge in [0.1, 0.15) is 5.82 Å². The molecule has 1 heterocycles. The van der Waals surface area contributed by atoms with Crippen molar-refractivity contribution in [2.24, 2.45) is 0 Å². The predicted octanol–water partition coefficient (Wildman–Crippen LogP) is 1.66. The highest BCUT2D eigenvalue weighted by Crippen LogP contribution is 2.12. The second kappa shape index (κ2) is 5.98. The van der Waals surface area contributed by atoms with Gasteiger partial charge in [-0.3, -0.25) is 0 Å². The van der Waals surface area contributed by atoms with Crippen molar-refractivity contribution >= 4 is 11.8 Å². The Hall–Kier alpha value is -1.91. The molecule has 0 atom stereocenters. The SMILES string of the molecule is C=CCN(c1cnc(C(=O)OC)cn1)C(C)C. The van der Waals surface area contributed by atoms with Crippen LogP contribution in [0.15, 0.2) is 25.0 Å². The molecule has 0 aliphatic rings. The van der Waals surface area contributed by atoms with Crippen LogP contribution in [0, 0.1) is 0 Å². The van der Waals surface area contributed by atoms with E-state index in [2.05, 4.69) is 35.1 Å². The van der Waals surface area contributed by atoms with Gasteiger partial charge in [-0.1, -0.05) is 6.08 Å². The molecule has 0 saturated carbocycles. The summed E-state index contributed by atoms with van der Waals surface area (Å²) in [5.74, 6) is 0.233. The van der Waals surface area contributed by atoms with Crippen LogP contribution in [0.1, 0.15) is 24.3 Å². The lowest BCUT2D eigenvalue weighted by atomic mass is 10.3. The molecular weight excluding hydrogens is 218 g/mol. The maximum atomic E-state index is 11.2. The van der Waals surface area contributed by atoms with E-state index in [9.17, 15) is 4.79 Å². The molecule has 17 heavy (non-hydrogen) atoms. The van der Waals surface area contributed by atoms with Crippen LogP contribution in [0.4, 0.5) is 5.82 Å². The molecule has 0 radical (unpaired) electrons. The third-order valence-corrected chi connectivity index (χ3v) is 2.28. The molecule has 0 aromatic carbocycles. The van der Waals surface area contributed by atoms with E-state index in [1.807, 2.05) is 4.90 Å². The second-order valence-corrected chi connectivity index (χ2v) is 3.79. The van der Waals surface area contributed by atoms with Gasteiger partial charge in [0.25, 0.3) is 0 Å². The van der Waals surface area contributed by atoms with Crippen molar-refractivity contribution in [3.05, 3.63) is 30.7 Å². The number of methoxy groups -OCH3 is 1. The first-order chi connectivity index (χ1) is 8.10. The van der Waals surface area contributed by atoms with Gasteiger partial charge in [-0.15, -0.1) is 6.58 Å². The molecule has 0 aliphatic carbocycles. The summed E-state index contributed by atoms with van der Waals surface area (Å²) in [4.78, 5) is 21.5. The Bertz CT molecular complexity index is 387. The highest BCUT2D eigenvalue weighted by atomic mass is 16.5. The minimum Gasteiger partial charge on any atom is -0.464 e. The summed E-state index contributed by atoms with van der Waals surface area (Å²) in [5.41, 5.74) is 0.207. The maximum Gasteiger partial charge on any atom is 0.358 e. The number of esters is 1. The molecule has 0 spiro atoms. The highest BCUT2D eigenvalue weighted by molar-refractivity contribution is 5.86. The number of carbonyl (C=O) groups is 1. The molecule has 0 fully saturated rings. The quantitative estimate of drug-likeness (QED) is 0.574. The number of hydrogen-bond acceptors (Lipinski definition) is 5. The minimum atomic E-state index is -0.483. The zero-order chi connectivity index (χ0) is 12.8. The number of anilines is 1. The summed E-state index contributed by atoms with van der Waals surface area (Å²) in [6.07, 6.45) is 4.78. The molecule has 1 aromatic rings. The van der Waals surface area contributed by atoms with Gasteiger partial charge in [-0.25, -0.2) is 14.8 Å². The van der Waals surface area contributed by atoms with Crippen molar-refractivity contribution in [3.8, 4) is 0 Å². The van der Waals surface area contributed by atoms with Crippen molar-refractivity contribution < 1.29 is 9.53 Å². The Balaban J connectivity index is 2.91. The fourth-order valence-corrected chi connectivity index (χ4v) is 1.39. The van der Waals surface area contributed by atoms with Crippen LogP contribution < -0.4 is 4.90 Å². The maximum absolute atomic E-state index is 11.2. The van der Waals surface area contributed by atoms with E-state index >= 15 is 0 Å². The molecule has 0 amide bonds. The van der Waals surface area contributed by atoms with E-state index in [1.54, 1.807) is 12.3 Å². The summed E-state index contributed by atoms with van der Waals surface area (Å²) >= 11 is 0. The molecule has 1 aromatic heterocycles. The third kappa shape index (κ3) is 3.27. The lowest BCUT2D eigenvalue weighted by molar-refractivity contribution is 0.0593. The molecule has 92 valence electrons. The summed E-state index contributed by atoms with van der Waals surface area (Å²) < 4.78 is 4.56. The van der Waals surface area contributed by atoms with Crippen LogP contribution in [0.25, 0.3) is 0 Å². The Morgan fingerprint density at radius 3 is 2.65 bits per heavy atom. The molecule has 0 aliphatic heterocycles. The standard InChI is InChI=1S/C12H17N3O2/c1-5-6-15(9(2)3)11-8-13-10(7-14-11)12(16)17-4/h5,7-9H,1,6H2,2-4H3. The van der Waals surface area contributed by atoms with Crippen LogP contribution in [0.3, 0.4) is 0 Å². The van der Waals surface area contributed by atoms with Gasteiger partial charge >= 0.3 is 5.97 Å². The second-order valence-electron chi connectivity index (χ2n) is 3.79. The van der Waals surface area contributed by atoms with Crippen molar-refractivity contribution in [1.82, 2.24) is 9.97 Å². The van der Waals surface area contributed by atoms with Gasteiger partial charge in [-0.05, 0) is 13.8 Å².